The Morgan fingerprint density at radius 3 is 2.67 bits per heavy atom. The van der Waals surface area contributed by atoms with Crippen molar-refractivity contribution in [2.24, 2.45) is 0 Å². The van der Waals surface area contributed by atoms with Gasteiger partial charge in [-0.15, -0.1) is 0 Å². The fourth-order valence-electron chi connectivity index (χ4n) is 0.107. The predicted octanol–water partition coefficient (Wildman–Crippen LogP) is 0.545. The van der Waals surface area contributed by atoms with E-state index in [0.29, 0.717) is 12.9 Å². The van der Waals surface area contributed by atoms with Crippen molar-refractivity contribution in [3.05, 3.63) is 13.5 Å². The van der Waals surface area contributed by atoms with E-state index < -0.39 is 0 Å². The first-order valence-electron chi connectivity index (χ1n) is 1.62. The first kappa shape index (κ1) is 5.47. The van der Waals surface area contributed by atoms with Gasteiger partial charge >= 0.3 is 0 Å². The van der Waals surface area contributed by atoms with E-state index in [1.165, 1.54) is 6.61 Å². The Morgan fingerprint density at radius 1 is 1.83 bits per heavy atom. The largest absolute Gasteiger partial charge is 0.461 e. The van der Waals surface area contributed by atoms with E-state index in [0.717, 1.165) is 0 Å². The van der Waals surface area contributed by atoms with Crippen molar-refractivity contribution in [1.29, 1.82) is 0 Å². The normalized spacial score (nSPS) is 7.50. The van der Waals surface area contributed by atoms with Crippen molar-refractivity contribution in [3.63, 3.8) is 0 Å². The third-order valence-electron chi connectivity index (χ3n) is 0.270. The van der Waals surface area contributed by atoms with Gasteiger partial charge in [0.25, 0.3) is 6.47 Å². The zero-order valence-electron chi connectivity index (χ0n) is 3.39. The minimum absolute atomic E-state index is 0.366. The summed E-state index contributed by atoms with van der Waals surface area (Å²) in [5, 5.41) is 0. The lowest BCUT2D eigenvalue weighted by molar-refractivity contribution is -0.125. The minimum Gasteiger partial charge on any atom is -0.461 e. The van der Waals surface area contributed by atoms with Crippen molar-refractivity contribution < 1.29 is 9.53 Å². The first-order chi connectivity index (χ1) is 2.91. The van der Waals surface area contributed by atoms with Crippen molar-refractivity contribution in [1.82, 2.24) is 0 Å². The second kappa shape index (κ2) is 4.47. The van der Waals surface area contributed by atoms with Crippen LogP contribution in [0.3, 0.4) is 0 Å². The Labute approximate surface area is 37.1 Å². The predicted molar refractivity (Wildman–Crippen MR) is 21.4 cm³/mol. The minimum atomic E-state index is 0.366. The average molecular weight is 86.1 g/mol. The van der Waals surface area contributed by atoms with Gasteiger partial charge in [-0.3, -0.25) is 4.79 Å². The molecule has 0 aromatic rings. The van der Waals surface area contributed by atoms with Gasteiger partial charge in [-0.25, -0.2) is 0 Å². The molecule has 0 atom stereocenters. The van der Waals surface area contributed by atoms with E-state index >= 15 is 0 Å². The van der Waals surface area contributed by atoms with E-state index in [-0.39, 0.29) is 0 Å². The molecule has 34 valence electrons. The quantitative estimate of drug-likeness (QED) is 0.370. The molecule has 6 heavy (non-hydrogen) atoms. The molecule has 0 aromatic heterocycles. The second-order valence-electron chi connectivity index (χ2n) is 0.688. The van der Waals surface area contributed by atoms with Crippen LogP contribution in [0.1, 0.15) is 6.42 Å². The third-order valence-corrected chi connectivity index (χ3v) is 0.270. The highest BCUT2D eigenvalue weighted by Crippen LogP contribution is 1.79. The molecule has 0 saturated heterocycles. The molecule has 0 amide bonds. The van der Waals surface area contributed by atoms with Crippen molar-refractivity contribution >= 4 is 6.47 Å². The van der Waals surface area contributed by atoms with Crippen LogP contribution in [0.15, 0.2) is 0 Å². The number of carbonyl (C=O) groups excluding carboxylic acids is 1. The van der Waals surface area contributed by atoms with Gasteiger partial charge in [0.1, 0.15) is 6.61 Å². The second-order valence-corrected chi connectivity index (χ2v) is 0.688. The molecule has 0 aliphatic rings. The summed E-state index contributed by atoms with van der Waals surface area (Å²) in [6, 6.07) is 0. The van der Waals surface area contributed by atoms with Gasteiger partial charge < -0.3 is 4.74 Å². The fraction of sp³-hybridized carbons (Fsp3) is 0.250. The molecule has 0 N–H and O–H groups in total. The monoisotopic (exact) mass is 86.0 g/mol. The number of rotatable bonds is 3. The Kier molecular flexibility index (Phi) is 4.08. The summed E-state index contributed by atoms with van der Waals surface area (Å²) in [4.78, 5) is 9.28. The molecule has 2 nitrogen and oxygen atoms in total. The molecule has 0 spiro atoms. The van der Waals surface area contributed by atoms with Gasteiger partial charge in [0.2, 0.25) is 0 Å². The topological polar surface area (TPSA) is 26.3 Å². The standard InChI is InChI=1S/C4H6O2/c1-2-3-6-4-5/h3-4H,1-2H2. The molecule has 0 fully saturated rings. The van der Waals surface area contributed by atoms with Crippen LogP contribution in [0, 0.1) is 13.5 Å². The van der Waals surface area contributed by atoms with Gasteiger partial charge in [0.15, 0.2) is 0 Å². The van der Waals surface area contributed by atoms with E-state index in [2.05, 4.69) is 11.7 Å². The Morgan fingerprint density at radius 2 is 2.50 bits per heavy atom. The Bertz CT molecular complexity index is 34.5. The van der Waals surface area contributed by atoms with Crippen LogP contribution in [-0.2, 0) is 9.53 Å². The number of hydrogen-bond donors (Lipinski definition) is 0. The summed E-state index contributed by atoms with van der Waals surface area (Å²) < 4.78 is 4.11. The van der Waals surface area contributed by atoms with Gasteiger partial charge in [0, 0.05) is 0 Å². The van der Waals surface area contributed by atoms with Crippen LogP contribution in [0.5, 0.6) is 0 Å². The molecular weight excluding hydrogens is 80.0 g/mol. The molecule has 0 aliphatic carbocycles. The average Bonchev–Trinajstić information content (AvgIpc) is 1.61. The zero-order chi connectivity index (χ0) is 4.83. The van der Waals surface area contributed by atoms with E-state index in [9.17, 15) is 4.79 Å². The molecular formula is C4H6O2. The summed E-state index contributed by atoms with van der Waals surface area (Å²) in [5.74, 6) is 0. The van der Waals surface area contributed by atoms with Crippen LogP contribution in [0.25, 0.3) is 0 Å². The van der Waals surface area contributed by atoms with Crippen LogP contribution >= 0.6 is 0 Å². The van der Waals surface area contributed by atoms with Crippen LogP contribution < -0.4 is 0 Å². The Balaban J connectivity index is 2.49. The molecule has 0 aliphatic heterocycles. The smallest absolute Gasteiger partial charge is 0.293 e. The number of ether oxygens (including phenoxy) is 1. The SMILES string of the molecule is [CH2]C[CH]OC=O. The maximum Gasteiger partial charge on any atom is 0.293 e. The molecule has 2 heteroatoms. The van der Waals surface area contributed by atoms with E-state index in [4.69, 9.17) is 0 Å². The fourth-order valence-corrected chi connectivity index (χ4v) is 0.107. The summed E-state index contributed by atoms with van der Waals surface area (Å²) in [7, 11) is 0. The van der Waals surface area contributed by atoms with Gasteiger partial charge in [-0.2, -0.15) is 0 Å². The van der Waals surface area contributed by atoms with Crippen LogP contribution in [0.2, 0.25) is 0 Å². The molecule has 0 bridgehead atoms. The van der Waals surface area contributed by atoms with E-state index in [1.807, 2.05) is 0 Å². The van der Waals surface area contributed by atoms with Gasteiger partial charge in [-0.05, 0) is 13.3 Å². The highest BCUT2D eigenvalue weighted by atomic mass is 16.5. The molecule has 0 saturated carbocycles. The molecule has 0 unspecified atom stereocenters. The molecule has 0 heterocycles. The zero-order valence-corrected chi connectivity index (χ0v) is 3.39. The van der Waals surface area contributed by atoms with Crippen molar-refractivity contribution in [2.75, 3.05) is 0 Å². The summed E-state index contributed by atoms with van der Waals surface area (Å²) in [5.41, 5.74) is 0. The maximum atomic E-state index is 9.28. The maximum absolute atomic E-state index is 9.28. The highest BCUT2D eigenvalue weighted by Gasteiger charge is 1.73. The summed E-state index contributed by atoms with van der Waals surface area (Å²) >= 11 is 0. The third kappa shape index (κ3) is 3.47. The lowest BCUT2D eigenvalue weighted by Crippen LogP contribution is -1.78. The van der Waals surface area contributed by atoms with Crippen molar-refractivity contribution in [2.45, 2.75) is 6.42 Å². The molecule has 0 rings (SSSR count). The molecule has 2 radical (unpaired) electrons. The summed E-state index contributed by atoms with van der Waals surface area (Å²) in [6.45, 7) is 5.08. The van der Waals surface area contributed by atoms with E-state index in [1.54, 1.807) is 0 Å². The number of carbonyl (C=O) groups is 1. The number of hydrogen-bond acceptors (Lipinski definition) is 2. The van der Waals surface area contributed by atoms with Crippen LogP contribution in [0.4, 0.5) is 0 Å². The van der Waals surface area contributed by atoms with Gasteiger partial charge in [-0.1, -0.05) is 0 Å². The lowest BCUT2D eigenvalue weighted by Gasteiger charge is -1.84. The lowest BCUT2D eigenvalue weighted by atomic mass is 10.5. The Hall–Kier alpha value is -0.530. The first-order valence-corrected chi connectivity index (χ1v) is 1.62. The van der Waals surface area contributed by atoms with Crippen LogP contribution in [-0.4, -0.2) is 6.47 Å². The van der Waals surface area contributed by atoms with Gasteiger partial charge in [0.05, 0.1) is 0 Å². The molecule has 0 aromatic carbocycles. The van der Waals surface area contributed by atoms with Crippen molar-refractivity contribution in [3.8, 4) is 0 Å². The highest BCUT2D eigenvalue weighted by molar-refractivity contribution is 5.37. The summed E-state index contributed by atoms with van der Waals surface area (Å²) in [6.07, 6.45) is 0.527.